The molecule has 0 saturated carbocycles. The van der Waals surface area contributed by atoms with Crippen LogP contribution in [0, 0.1) is 5.82 Å². The Morgan fingerprint density at radius 3 is 3.08 bits per heavy atom. The highest BCUT2D eigenvalue weighted by atomic mass is 79.9. The summed E-state index contributed by atoms with van der Waals surface area (Å²) in [5.41, 5.74) is 0.704. The van der Waals surface area contributed by atoms with Crippen molar-refractivity contribution in [1.29, 1.82) is 0 Å². The van der Waals surface area contributed by atoms with E-state index in [1.165, 1.54) is 0 Å². The molecule has 1 aromatic rings. The SMILES string of the molecule is Fc1c(Br)ccc2c1CCCO2. The van der Waals surface area contributed by atoms with Crippen molar-refractivity contribution in [1.82, 2.24) is 0 Å². The highest BCUT2D eigenvalue weighted by Crippen LogP contribution is 2.31. The normalized spacial score (nSPS) is 15.2. The largest absolute Gasteiger partial charge is 0.493 e. The van der Waals surface area contributed by atoms with Gasteiger partial charge in [0.15, 0.2) is 0 Å². The third-order valence-corrected chi connectivity index (χ3v) is 2.59. The third kappa shape index (κ3) is 1.22. The van der Waals surface area contributed by atoms with Crippen molar-refractivity contribution in [3.63, 3.8) is 0 Å². The summed E-state index contributed by atoms with van der Waals surface area (Å²) in [6.45, 7) is 0.702. The average molecular weight is 231 g/mol. The molecule has 0 radical (unpaired) electrons. The first kappa shape index (κ1) is 8.05. The molecule has 0 fully saturated rings. The smallest absolute Gasteiger partial charge is 0.144 e. The van der Waals surface area contributed by atoms with E-state index in [0.29, 0.717) is 22.4 Å². The lowest BCUT2D eigenvalue weighted by molar-refractivity contribution is 0.283. The lowest BCUT2D eigenvalue weighted by Crippen LogP contribution is -2.10. The fourth-order valence-corrected chi connectivity index (χ4v) is 1.75. The molecule has 0 bridgehead atoms. The number of halogens is 2. The van der Waals surface area contributed by atoms with Crippen LogP contribution in [0.25, 0.3) is 0 Å². The summed E-state index contributed by atoms with van der Waals surface area (Å²) in [7, 11) is 0. The van der Waals surface area contributed by atoms with Crippen LogP contribution in [0.15, 0.2) is 16.6 Å². The van der Waals surface area contributed by atoms with E-state index >= 15 is 0 Å². The molecule has 1 nitrogen and oxygen atoms in total. The summed E-state index contributed by atoms with van der Waals surface area (Å²) in [6.07, 6.45) is 1.68. The van der Waals surface area contributed by atoms with Crippen molar-refractivity contribution in [3.05, 3.63) is 28.0 Å². The minimum atomic E-state index is -0.174. The van der Waals surface area contributed by atoms with Gasteiger partial charge in [-0.3, -0.25) is 0 Å². The van der Waals surface area contributed by atoms with Crippen molar-refractivity contribution in [2.75, 3.05) is 6.61 Å². The quantitative estimate of drug-likeness (QED) is 0.667. The standard InChI is InChI=1S/C9H8BrFO/c10-7-3-4-8-6(9(7)11)2-1-5-12-8/h3-4H,1-2,5H2. The van der Waals surface area contributed by atoms with E-state index in [0.717, 1.165) is 12.8 Å². The first-order valence-corrected chi connectivity index (χ1v) is 4.68. The van der Waals surface area contributed by atoms with Gasteiger partial charge in [-0.15, -0.1) is 0 Å². The molecule has 1 aliphatic rings. The van der Waals surface area contributed by atoms with Crippen molar-refractivity contribution in [3.8, 4) is 5.75 Å². The van der Waals surface area contributed by atoms with Crippen LogP contribution >= 0.6 is 15.9 Å². The summed E-state index contributed by atoms with van der Waals surface area (Å²) in [5.74, 6) is 0.522. The van der Waals surface area contributed by atoms with Crippen LogP contribution in [-0.4, -0.2) is 6.61 Å². The van der Waals surface area contributed by atoms with Gasteiger partial charge < -0.3 is 4.74 Å². The van der Waals surface area contributed by atoms with E-state index in [9.17, 15) is 4.39 Å². The molecule has 0 saturated heterocycles. The van der Waals surface area contributed by atoms with E-state index in [1.807, 2.05) is 6.07 Å². The summed E-state index contributed by atoms with van der Waals surface area (Å²) < 4.78 is 19.2. The monoisotopic (exact) mass is 230 g/mol. The van der Waals surface area contributed by atoms with E-state index in [2.05, 4.69) is 15.9 Å². The second kappa shape index (κ2) is 3.05. The maximum absolute atomic E-state index is 13.4. The molecule has 64 valence electrons. The first-order valence-electron chi connectivity index (χ1n) is 3.89. The summed E-state index contributed by atoms with van der Waals surface area (Å²) in [5, 5.41) is 0. The van der Waals surface area contributed by atoms with Crippen LogP contribution in [0.1, 0.15) is 12.0 Å². The van der Waals surface area contributed by atoms with E-state index in [1.54, 1.807) is 6.07 Å². The Kier molecular flexibility index (Phi) is 2.05. The fraction of sp³-hybridized carbons (Fsp3) is 0.333. The molecule has 1 aliphatic heterocycles. The molecule has 0 unspecified atom stereocenters. The van der Waals surface area contributed by atoms with Crippen molar-refractivity contribution in [2.24, 2.45) is 0 Å². The van der Waals surface area contributed by atoms with Crippen molar-refractivity contribution < 1.29 is 9.13 Å². The second-order valence-electron chi connectivity index (χ2n) is 2.79. The minimum Gasteiger partial charge on any atom is -0.493 e. The van der Waals surface area contributed by atoms with Crippen LogP contribution in [0.2, 0.25) is 0 Å². The summed E-state index contributed by atoms with van der Waals surface area (Å²) >= 11 is 3.14. The van der Waals surface area contributed by atoms with Crippen molar-refractivity contribution in [2.45, 2.75) is 12.8 Å². The summed E-state index contributed by atoms with van der Waals surface area (Å²) in [6, 6.07) is 3.49. The topological polar surface area (TPSA) is 9.23 Å². The highest BCUT2D eigenvalue weighted by Gasteiger charge is 2.16. The maximum atomic E-state index is 13.4. The Balaban J connectivity index is 2.54. The zero-order chi connectivity index (χ0) is 8.55. The van der Waals surface area contributed by atoms with Gasteiger partial charge in [-0.25, -0.2) is 4.39 Å². The number of fused-ring (bicyclic) bond motifs is 1. The zero-order valence-electron chi connectivity index (χ0n) is 6.44. The number of hydrogen-bond acceptors (Lipinski definition) is 1. The van der Waals surface area contributed by atoms with Gasteiger partial charge in [0, 0.05) is 5.56 Å². The molecule has 2 rings (SSSR count). The highest BCUT2D eigenvalue weighted by molar-refractivity contribution is 9.10. The van der Waals surface area contributed by atoms with Gasteiger partial charge in [-0.05, 0) is 40.9 Å². The Morgan fingerprint density at radius 1 is 1.42 bits per heavy atom. The van der Waals surface area contributed by atoms with Gasteiger partial charge in [0.05, 0.1) is 11.1 Å². The molecule has 12 heavy (non-hydrogen) atoms. The molecule has 0 aliphatic carbocycles. The molecule has 0 spiro atoms. The molecule has 0 N–H and O–H groups in total. The maximum Gasteiger partial charge on any atom is 0.144 e. The first-order chi connectivity index (χ1) is 5.79. The predicted octanol–water partition coefficient (Wildman–Crippen LogP) is 2.91. The molecule has 1 aromatic carbocycles. The number of ether oxygens (including phenoxy) is 1. The molecule has 3 heteroatoms. The molecule has 0 aromatic heterocycles. The van der Waals surface area contributed by atoms with Crippen LogP contribution < -0.4 is 4.74 Å². The average Bonchev–Trinajstić information content (AvgIpc) is 2.12. The molecule has 0 amide bonds. The van der Waals surface area contributed by atoms with Gasteiger partial charge in [0.1, 0.15) is 11.6 Å². The molecular formula is C9H8BrFO. The summed E-state index contributed by atoms with van der Waals surface area (Å²) in [4.78, 5) is 0. The van der Waals surface area contributed by atoms with Crippen molar-refractivity contribution >= 4 is 15.9 Å². The molecule has 0 atom stereocenters. The fourth-order valence-electron chi connectivity index (χ4n) is 1.37. The second-order valence-corrected chi connectivity index (χ2v) is 3.64. The van der Waals surface area contributed by atoms with E-state index in [4.69, 9.17) is 4.74 Å². The van der Waals surface area contributed by atoms with Crippen LogP contribution in [0.4, 0.5) is 4.39 Å². The van der Waals surface area contributed by atoms with Gasteiger partial charge in [0.2, 0.25) is 0 Å². The van der Waals surface area contributed by atoms with E-state index < -0.39 is 0 Å². The van der Waals surface area contributed by atoms with Gasteiger partial charge in [-0.2, -0.15) is 0 Å². The van der Waals surface area contributed by atoms with Crippen LogP contribution in [-0.2, 0) is 6.42 Å². The van der Waals surface area contributed by atoms with Crippen LogP contribution in [0.3, 0.4) is 0 Å². The zero-order valence-corrected chi connectivity index (χ0v) is 8.03. The van der Waals surface area contributed by atoms with E-state index in [-0.39, 0.29) is 5.82 Å². The number of rotatable bonds is 0. The minimum absolute atomic E-state index is 0.174. The van der Waals surface area contributed by atoms with Gasteiger partial charge >= 0.3 is 0 Å². The molecular weight excluding hydrogens is 223 g/mol. The van der Waals surface area contributed by atoms with Crippen LogP contribution in [0.5, 0.6) is 5.75 Å². The van der Waals surface area contributed by atoms with Gasteiger partial charge in [0.25, 0.3) is 0 Å². The Hall–Kier alpha value is -0.570. The molecule has 1 heterocycles. The predicted molar refractivity (Wildman–Crippen MR) is 47.9 cm³/mol. The lowest BCUT2D eigenvalue weighted by Gasteiger charge is -2.17. The Bertz CT molecular complexity index is 312. The Labute approximate surface area is 78.7 Å². The number of benzene rings is 1. The third-order valence-electron chi connectivity index (χ3n) is 1.98. The lowest BCUT2D eigenvalue weighted by atomic mass is 10.1. The van der Waals surface area contributed by atoms with Gasteiger partial charge in [-0.1, -0.05) is 0 Å². The number of hydrogen-bond donors (Lipinski definition) is 0. The Morgan fingerprint density at radius 2 is 2.25 bits per heavy atom.